The Kier molecular flexibility index (Phi) is 7.27. The van der Waals surface area contributed by atoms with Crippen molar-refractivity contribution in [1.29, 1.82) is 0 Å². The molecule has 0 unspecified atom stereocenters. The quantitative estimate of drug-likeness (QED) is 0.716. The van der Waals surface area contributed by atoms with Gasteiger partial charge in [-0.1, -0.05) is 36.4 Å². The van der Waals surface area contributed by atoms with E-state index >= 15 is 0 Å². The molecular formula is C22H33FN4O2. The Morgan fingerprint density at radius 3 is 2.52 bits per heavy atom. The van der Waals surface area contributed by atoms with E-state index in [-0.39, 0.29) is 27.3 Å². The molecule has 29 heavy (non-hydrogen) atoms. The molecule has 0 radical (unpaired) electrons. The van der Waals surface area contributed by atoms with E-state index in [4.69, 9.17) is 0 Å². The minimum atomic E-state index is -0.259. The number of piperidine rings is 1. The van der Waals surface area contributed by atoms with Gasteiger partial charge in [0.2, 0.25) is 0 Å². The zero-order valence-corrected chi connectivity index (χ0v) is 16.8. The average molecular weight is 405 g/mol. The molecular weight excluding hydrogens is 371 g/mol. The first kappa shape index (κ1) is 20.9. The number of nitrogens with one attached hydrogen (secondary N) is 3. The summed E-state index contributed by atoms with van der Waals surface area (Å²) in [5.74, 6) is -0.259. The molecule has 6 nitrogen and oxygen atoms in total. The van der Waals surface area contributed by atoms with Crippen LogP contribution in [-0.4, -0.2) is 43.1 Å². The highest BCUT2D eigenvalue weighted by molar-refractivity contribution is 5.84. The summed E-state index contributed by atoms with van der Waals surface area (Å²) in [4.78, 5) is 24.3. The van der Waals surface area contributed by atoms with Gasteiger partial charge in [-0.3, -0.25) is 0 Å². The van der Waals surface area contributed by atoms with Crippen molar-refractivity contribution < 1.29 is 16.8 Å². The highest BCUT2D eigenvalue weighted by atomic mass is 19.1. The highest BCUT2D eigenvalue weighted by Gasteiger charge is 2.23. The topological polar surface area (TPSA) is 73.5 Å². The van der Waals surface area contributed by atoms with Gasteiger partial charge in [0.1, 0.15) is 5.82 Å². The molecule has 2 aliphatic rings. The monoisotopic (exact) mass is 404 g/mol. The predicted octanol–water partition coefficient (Wildman–Crippen LogP) is 4.24. The van der Waals surface area contributed by atoms with Gasteiger partial charge in [0.15, 0.2) is 0 Å². The number of likely N-dealkylation sites (tertiary alicyclic amines) is 1. The van der Waals surface area contributed by atoms with E-state index in [1.54, 1.807) is 19.2 Å². The molecule has 2 aromatic rings. The first-order valence-electron chi connectivity index (χ1n) is 10.3. The van der Waals surface area contributed by atoms with Gasteiger partial charge in [-0.05, 0) is 37.5 Å². The van der Waals surface area contributed by atoms with Crippen molar-refractivity contribution in [1.82, 2.24) is 20.9 Å². The minimum Gasteiger partial charge on any atom is -0.341 e. The SMILES string of the molecule is CNC(=O)N1CCCCC1.O=C(NCc1ccc2ccccc2c1F)NC1CC1.[HH].[HH]. The van der Waals surface area contributed by atoms with Gasteiger partial charge in [0, 0.05) is 46.5 Å². The molecule has 4 amide bonds. The Balaban J connectivity index is 0.000000345. The molecule has 1 aliphatic carbocycles. The van der Waals surface area contributed by atoms with Crippen LogP contribution in [-0.2, 0) is 6.54 Å². The molecule has 7 heteroatoms. The lowest BCUT2D eigenvalue weighted by atomic mass is 10.1. The second kappa shape index (κ2) is 10.1. The summed E-state index contributed by atoms with van der Waals surface area (Å²) in [5.41, 5.74) is 0.504. The number of halogens is 1. The molecule has 0 atom stereocenters. The van der Waals surface area contributed by atoms with Crippen molar-refractivity contribution in [2.75, 3.05) is 20.1 Å². The minimum absolute atomic E-state index is 0. The Hall–Kier alpha value is -2.83. The molecule has 2 fully saturated rings. The normalized spacial score (nSPS) is 15.9. The molecule has 1 aliphatic heterocycles. The van der Waals surface area contributed by atoms with Crippen molar-refractivity contribution in [3.63, 3.8) is 0 Å². The van der Waals surface area contributed by atoms with Gasteiger partial charge >= 0.3 is 12.1 Å². The maximum atomic E-state index is 14.2. The van der Waals surface area contributed by atoms with Crippen LogP contribution < -0.4 is 16.0 Å². The first-order chi connectivity index (χ1) is 14.1. The summed E-state index contributed by atoms with van der Waals surface area (Å²) in [7, 11) is 1.68. The molecule has 0 aromatic heterocycles. The molecule has 0 spiro atoms. The van der Waals surface area contributed by atoms with Crippen molar-refractivity contribution in [2.45, 2.75) is 44.7 Å². The highest BCUT2D eigenvalue weighted by Crippen LogP contribution is 2.21. The smallest absolute Gasteiger partial charge is 0.317 e. The third-order valence-electron chi connectivity index (χ3n) is 5.15. The zero-order valence-electron chi connectivity index (χ0n) is 16.8. The lowest BCUT2D eigenvalue weighted by molar-refractivity contribution is 0.188. The van der Waals surface area contributed by atoms with Gasteiger partial charge in [-0.2, -0.15) is 0 Å². The van der Waals surface area contributed by atoms with E-state index in [1.807, 2.05) is 29.2 Å². The fourth-order valence-electron chi connectivity index (χ4n) is 3.31. The van der Waals surface area contributed by atoms with Crippen molar-refractivity contribution in [3.8, 4) is 0 Å². The van der Waals surface area contributed by atoms with Crippen LogP contribution >= 0.6 is 0 Å². The van der Waals surface area contributed by atoms with E-state index in [2.05, 4.69) is 16.0 Å². The molecule has 1 saturated carbocycles. The zero-order chi connectivity index (χ0) is 20.6. The van der Waals surface area contributed by atoms with Crippen LogP contribution in [0.5, 0.6) is 0 Å². The van der Waals surface area contributed by atoms with Gasteiger partial charge in [0.05, 0.1) is 0 Å². The van der Waals surface area contributed by atoms with Crippen molar-refractivity contribution in [3.05, 3.63) is 47.8 Å². The van der Waals surface area contributed by atoms with Crippen LogP contribution in [0.3, 0.4) is 0 Å². The Morgan fingerprint density at radius 2 is 1.83 bits per heavy atom. The summed E-state index contributed by atoms with van der Waals surface area (Å²) in [6.45, 7) is 2.06. The standard InChI is InChI=1S/C15H15FN2O.C7H14N2O.2H2/c16-14-11(9-17-15(19)18-12-7-8-12)6-5-10-3-1-2-4-13(10)14;1-8-7(10)9-5-3-2-4-6-9;;/h1-6,12H,7-9H2,(H2,17,18,19);2-6H2,1H3,(H,8,10);2*1H. The van der Waals surface area contributed by atoms with Crippen LogP contribution in [0.2, 0.25) is 0 Å². The molecule has 160 valence electrons. The number of hydrogen-bond acceptors (Lipinski definition) is 2. The molecule has 0 bridgehead atoms. The third kappa shape index (κ3) is 6.07. The maximum absolute atomic E-state index is 14.2. The average Bonchev–Trinajstić information content (AvgIpc) is 3.58. The number of carbonyl (C=O) groups is 2. The Labute approximate surface area is 173 Å². The summed E-state index contributed by atoms with van der Waals surface area (Å²) < 4.78 is 14.2. The first-order valence-corrected chi connectivity index (χ1v) is 10.3. The number of rotatable bonds is 3. The Bertz CT molecular complexity index is 859. The van der Waals surface area contributed by atoms with Crippen LogP contribution in [0.4, 0.5) is 14.0 Å². The number of amides is 4. The summed E-state index contributed by atoms with van der Waals surface area (Å²) in [5, 5.41) is 9.57. The van der Waals surface area contributed by atoms with Gasteiger partial charge < -0.3 is 20.9 Å². The van der Waals surface area contributed by atoms with Crippen LogP contribution in [0.25, 0.3) is 10.8 Å². The lowest BCUT2D eigenvalue weighted by Gasteiger charge is -2.25. The van der Waals surface area contributed by atoms with E-state index in [0.717, 1.165) is 44.2 Å². The van der Waals surface area contributed by atoms with Gasteiger partial charge in [0.25, 0.3) is 0 Å². The molecule has 3 N–H and O–H groups in total. The fraction of sp³-hybridized carbons (Fsp3) is 0.455. The third-order valence-corrected chi connectivity index (χ3v) is 5.15. The van der Waals surface area contributed by atoms with E-state index in [0.29, 0.717) is 17.0 Å². The summed E-state index contributed by atoms with van der Waals surface area (Å²) in [6, 6.07) is 11.0. The number of carbonyl (C=O) groups excluding carboxylic acids is 2. The number of benzene rings is 2. The van der Waals surface area contributed by atoms with Crippen molar-refractivity contribution in [2.24, 2.45) is 0 Å². The second-order valence-electron chi connectivity index (χ2n) is 7.46. The van der Waals surface area contributed by atoms with E-state index in [9.17, 15) is 14.0 Å². The van der Waals surface area contributed by atoms with Crippen LogP contribution in [0.15, 0.2) is 36.4 Å². The molecule has 4 rings (SSSR count). The van der Waals surface area contributed by atoms with Gasteiger partial charge in [-0.25, -0.2) is 14.0 Å². The number of nitrogens with zero attached hydrogens (tertiary/aromatic N) is 1. The number of urea groups is 2. The van der Waals surface area contributed by atoms with Gasteiger partial charge in [-0.15, -0.1) is 0 Å². The fourth-order valence-corrected chi connectivity index (χ4v) is 3.31. The lowest BCUT2D eigenvalue weighted by Crippen LogP contribution is -2.41. The number of hydrogen-bond donors (Lipinski definition) is 3. The molecule has 1 heterocycles. The number of fused-ring (bicyclic) bond motifs is 1. The largest absolute Gasteiger partial charge is 0.341 e. The maximum Gasteiger partial charge on any atom is 0.317 e. The van der Waals surface area contributed by atoms with Crippen LogP contribution in [0.1, 0.15) is 40.5 Å². The van der Waals surface area contributed by atoms with E-state index < -0.39 is 0 Å². The Morgan fingerprint density at radius 1 is 1.10 bits per heavy atom. The predicted molar refractivity (Wildman–Crippen MR) is 116 cm³/mol. The van der Waals surface area contributed by atoms with Crippen LogP contribution in [0, 0.1) is 5.82 Å². The second-order valence-corrected chi connectivity index (χ2v) is 7.46. The van der Waals surface area contributed by atoms with Crippen molar-refractivity contribution >= 4 is 22.8 Å². The summed E-state index contributed by atoms with van der Waals surface area (Å²) >= 11 is 0. The summed E-state index contributed by atoms with van der Waals surface area (Å²) in [6.07, 6.45) is 5.67. The molecule has 2 aromatic carbocycles. The molecule has 1 saturated heterocycles. The van der Waals surface area contributed by atoms with E-state index in [1.165, 1.54) is 6.42 Å².